The highest BCUT2D eigenvalue weighted by atomic mass is 35.5. The van der Waals surface area contributed by atoms with E-state index in [9.17, 15) is 8.42 Å². The van der Waals surface area contributed by atoms with E-state index in [0.29, 0.717) is 35.8 Å². The van der Waals surface area contributed by atoms with Crippen LogP contribution in [0.3, 0.4) is 0 Å². The van der Waals surface area contributed by atoms with Crippen molar-refractivity contribution in [1.82, 2.24) is 9.62 Å². The van der Waals surface area contributed by atoms with Gasteiger partial charge in [0.05, 0.1) is 23.4 Å². The number of halogens is 2. The number of hydrogen-bond acceptors (Lipinski definition) is 4. The van der Waals surface area contributed by atoms with Gasteiger partial charge in [0, 0.05) is 24.7 Å². The van der Waals surface area contributed by atoms with E-state index < -0.39 is 10.0 Å². The van der Waals surface area contributed by atoms with Gasteiger partial charge in [-0.3, -0.25) is 0 Å². The molecule has 2 aromatic carbocycles. The van der Waals surface area contributed by atoms with Crippen molar-refractivity contribution in [3.63, 3.8) is 0 Å². The third kappa shape index (κ3) is 4.76. The zero-order valence-electron chi connectivity index (χ0n) is 13.9. The van der Waals surface area contributed by atoms with Gasteiger partial charge in [-0.2, -0.15) is 9.57 Å². The van der Waals surface area contributed by atoms with E-state index >= 15 is 0 Å². The summed E-state index contributed by atoms with van der Waals surface area (Å²) in [5.41, 5.74) is 1.94. The Labute approximate surface area is 165 Å². The lowest BCUT2D eigenvalue weighted by molar-refractivity contribution is 0.271. The molecule has 1 saturated heterocycles. The number of nitrogens with zero attached hydrogens (tertiary/aromatic N) is 2. The monoisotopic (exact) mass is 411 g/mol. The number of piperazine rings is 1. The van der Waals surface area contributed by atoms with Crippen LogP contribution in [0.25, 0.3) is 0 Å². The quantitative estimate of drug-likeness (QED) is 0.838. The molecule has 0 aliphatic carbocycles. The van der Waals surface area contributed by atoms with Crippen molar-refractivity contribution in [2.24, 2.45) is 0 Å². The van der Waals surface area contributed by atoms with Gasteiger partial charge >= 0.3 is 0 Å². The van der Waals surface area contributed by atoms with E-state index in [1.54, 1.807) is 36.4 Å². The van der Waals surface area contributed by atoms with E-state index in [4.69, 9.17) is 16.9 Å². The summed E-state index contributed by atoms with van der Waals surface area (Å²) in [5, 5.41) is 12.8. The largest absolute Gasteiger partial charge is 0.313 e. The Bertz CT molecular complexity index is 913. The van der Waals surface area contributed by atoms with E-state index in [0.717, 1.165) is 5.56 Å². The van der Waals surface area contributed by atoms with Gasteiger partial charge in [0.1, 0.15) is 0 Å². The van der Waals surface area contributed by atoms with Crippen LogP contribution in [-0.4, -0.2) is 32.4 Å². The van der Waals surface area contributed by atoms with Gasteiger partial charge in [-0.15, -0.1) is 12.4 Å². The molecule has 1 heterocycles. The molecule has 1 unspecified atom stereocenters. The van der Waals surface area contributed by atoms with Crippen molar-refractivity contribution < 1.29 is 8.42 Å². The first kappa shape index (κ1) is 20.7. The lowest BCUT2D eigenvalue weighted by atomic mass is 10.1. The van der Waals surface area contributed by atoms with Crippen LogP contribution in [-0.2, 0) is 15.8 Å². The molecular formula is C18H19Cl2N3O2S. The maximum Gasteiger partial charge on any atom is 0.218 e. The fourth-order valence-electron chi connectivity index (χ4n) is 3.04. The molecule has 0 spiro atoms. The molecule has 0 bridgehead atoms. The Hall–Kier alpha value is -1.62. The molecule has 8 heteroatoms. The summed E-state index contributed by atoms with van der Waals surface area (Å²) in [5.74, 6) is -0.125. The van der Waals surface area contributed by atoms with Crippen LogP contribution in [0.2, 0.25) is 5.02 Å². The minimum Gasteiger partial charge on any atom is -0.313 e. The number of benzene rings is 2. The first-order chi connectivity index (χ1) is 12.0. The van der Waals surface area contributed by atoms with Crippen LogP contribution in [0.15, 0.2) is 48.5 Å². The average molecular weight is 412 g/mol. The average Bonchev–Trinajstić information content (AvgIpc) is 2.61. The number of hydrogen-bond donors (Lipinski definition) is 1. The summed E-state index contributed by atoms with van der Waals surface area (Å²) in [6.45, 7) is 1.55. The standard InChI is InChI=1S/C18H18ClN3O2S.ClH/c19-17-6-2-5-16(10-17)18-12-21-7-8-22(18)25(23,24)13-15-4-1-3-14(9-15)11-20;/h1-6,9-10,18,21H,7-8,12-13H2;1H. The Balaban J connectivity index is 0.00000243. The van der Waals surface area contributed by atoms with Crippen LogP contribution < -0.4 is 5.32 Å². The van der Waals surface area contributed by atoms with Crippen LogP contribution in [0.5, 0.6) is 0 Å². The Morgan fingerprint density at radius 1 is 1.23 bits per heavy atom. The predicted octanol–water partition coefficient (Wildman–Crippen LogP) is 3.11. The molecule has 1 atom stereocenters. The smallest absolute Gasteiger partial charge is 0.218 e. The molecule has 26 heavy (non-hydrogen) atoms. The number of nitriles is 1. The third-order valence-electron chi connectivity index (χ3n) is 4.19. The summed E-state index contributed by atoms with van der Waals surface area (Å²) in [6.07, 6.45) is 0. The van der Waals surface area contributed by atoms with Crippen LogP contribution in [0.4, 0.5) is 0 Å². The van der Waals surface area contributed by atoms with Gasteiger partial charge in [0.15, 0.2) is 0 Å². The number of rotatable bonds is 4. The maximum atomic E-state index is 13.0. The Morgan fingerprint density at radius 2 is 2.00 bits per heavy atom. The lowest BCUT2D eigenvalue weighted by Crippen LogP contribution is -2.48. The molecular weight excluding hydrogens is 393 g/mol. The van der Waals surface area contributed by atoms with Crippen molar-refractivity contribution in [1.29, 1.82) is 5.26 Å². The fraction of sp³-hybridized carbons (Fsp3) is 0.278. The predicted molar refractivity (Wildman–Crippen MR) is 105 cm³/mol. The third-order valence-corrected chi connectivity index (χ3v) is 6.28. The van der Waals surface area contributed by atoms with Crippen LogP contribution >= 0.6 is 24.0 Å². The summed E-state index contributed by atoms with van der Waals surface area (Å²) in [4.78, 5) is 0. The van der Waals surface area contributed by atoms with Crippen molar-refractivity contribution in [3.05, 3.63) is 70.2 Å². The van der Waals surface area contributed by atoms with Crippen molar-refractivity contribution in [3.8, 4) is 6.07 Å². The van der Waals surface area contributed by atoms with Gasteiger partial charge < -0.3 is 5.32 Å². The minimum atomic E-state index is -3.53. The molecule has 138 valence electrons. The molecule has 1 aliphatic heterocycles. The van der Waals surface area contributed by atoms with Gasteiger partial charge in [-0.05, 0) is 35.4 Å². The molecule has 0 amide bonds. The molecule has 1 N–H and O–H groups in total. The van der Waals surface area contributed by atoms with Crippen molar-refractivity contribution in [2.45, 2.75) is 11.8 Å². The number of sulfonamides is 1. The zero-order chi connectivity index (χ0) is 17.9. The summed E-state index contributed by atoms with van der Waals surface area (Å²) in [6, 6.07) is 15.8. The Morgan fingerprint density at radius 3 is 2.73 bits per heavy atom. The van der Waals surface area contributed by atoms with Gasteiger partial charge in [-0.25, -0.2) is 8.42 Å². The molecule has 1 fully saturated rings. The van der Waals surface area contributed by atoms with Gasteiger partial charge in [0.25, 0.3) is 0 Å². The van der Waals surface area contributed by atoms with E-state index in [1.807, 2.05) is 18.2 Å². The van der Waals surface area contributed by atoms with E-state index in [-0.39, 0.29) is 24.2 Å². The first-order valence-corrected chi connectivity index (χ1v) is 9.93. The van der Waals surface area contributed by atoms with Gasteiger partial charge in [0.2, 0.25) is 10.0 Å². The summed E-state index contributed by atoms with van der Waals surface area (Å²) in [7, 11) is -3.53. The normalized spacial score (nSPS) is 17.9. The van der Waals surface area contributed by atoms with Crippen LogP contribution in [0.1, 0.15) is 22.7 Å². The number of nitrogens with one attached hydrogen (secondary N) is 1. The van der Waals surface area contributed by atoms with Crippen molar-refractivity contribution in [2.75, 3.05) is 19.6 Å². The fourth-order valence-corrected chi connectivity index (χ4v) is 4.96. The van der Waals surface area contributed by atoms with Crippen molar-refractivity contribution >= 4 is 34.0 Å². The highest BCUT2D eigenvalue weighted by molar-refractivity contribution is 7.88. The van der Waals surface area contributed by atoms with E-state index in [2.05, 4.69) is 5.32 Å². The molecule has 1 aliphatic rings. The minimum absolute atomic E-state index is 0. The SMILES string of the molecule is Cl.N#Cc1cccc(CS(=O)(=O)N2CCNCC2c2cccc(Cl)c2)c1. The zero-order valence-corrected chi connectivity index (χ0v) is 16.3. The molecule has 5 nitrogen and oxygen atoms in total. The molecule has 0 aromatic heterocycles. The molecule has 0 saturated carbocycles. The second-order valence-corrected chi connectivity index (χ2v) is 8.31. The van der Waals surface area contributed by atoms with Crippen LogP contribution in [0, 0.1) is 11.3 Å². The van der Waals surface area contributed by atoms with E-state index in [1.165, 1.54) is 4.31 Å². The molecule has 0 radical (unpaired) electrons. The first-order valence-electron chi connectivity index (χ1n) is 7.94. The highest BCUT2D eigenvalue weighted by Gasteiger charge is 2.33. The maximum absolute atomic E-state index is 13.0. The second-order valence-electron chi connectivity index (χ2n) is 5.95. The molecule has 2 aromatic rings. The van der Waals surface area contributed by atoms with Gasteiger partial charge in [-0.1, -0.05) is 35.9 Å². The Kier molecular flexibility index (Phi) is 7.04. The highest BCUT2D eigenvalue weighted by Crippen LogP contribution is 2.28. The molecule has 3 rings (SSSR count). The summed E-state index contributed by atoms with van der Waals surface area (Å²) >= 11 is 6.07. The summed E-state index contributed by atoms with van der Waals surface area (Å²) < 4.78 is 27.5. The topological polar surface area (TPSA) is 73.2 Å². The lowest BCUT2D eigenvalue weighted by Gasteiger charge is -2.35. The second kappa shape index (κ2) is 8.85.